The lowest BCUT2D eigenvalue weighted by Crippen LogP contribution is -2.34. The second-order valence-corrected chi connectivity index (χ2v) is 5.76. The first-order chi connectivity index (χ1) is 10.6. The van der Waals surface area contributed by atoms with E-state index in [2.05, 4.69) is 27.1 Å². The summed E-state index contributed by atoms with van der Waals surface area (Å²) in [5.74, 6) is 1.79. The van der Waals surface area contributed by atoms with Crippen molar-refractivity contribution in [3.05, 3.63) is 36.4 Å². The monoisotopic (exact) mass is 301 g/mol. The number of aromatic nitrogens is 2. The summed E-state index contributed by atoms with van der Waals surface area (Å²) in [7, 11) is 0. The first kappa shape index (κ1) is 14.6. The van der Waals surface area contributed by atoms with Crippen LogP contribution in [0.3, 0.4) is 0 Å². The van der Waals surface area contributed by atoms with Gasteiger partial charge in [0.15, 0.2) is 11.6 Å². The lowest BCUT2D eigenvalue weighted by Gasteiger charge is -2.32. The first-order valence-corrected chi connectivity index (χ1v) is 7.51. The van der Waals surface area contributed by atoms with E-state index in [9.17, 15) is 4.39 Å². The summed E-state index contributed by atoms with van der Waals surface area (Å²) in [6, 6.07) is 6.09. The molecule has 0 atom stereocenters. The lowest BCUT2D eigenvalue weighted by molar-refractivity contribution is 0.437. The third kappa shape index (κ3) is 3.10. The highest BCUT2D eigenvalue weighted by atomic mass is 19.1. The fourth-order valence-corrected chi connectivity index (χ4v) is 2.63. The minimum atomic E-state index is -0.274. The van der Waals surface area contributed by atoms with Crippen molar-refractivity contribution in [2.75, 3.05) is 29.0 Å². The fourth-order valence-electron chi connectivity index (χ4n) is 2.63. The van der Waals surface area contributed by atoms with Crippen LogP contribution in [-0.4, -0.2) is 23.1 Å². The predicted molar refractivity (Wildman–Crippen MR) is 86.7 cm³/mol. The van der Waals surface area contributed by atoms with Gasteiger partial charge in [0.2, 0.25) is 0 Å². The highest BCUT2D eigenvalue weighted by molar-refractivity contribution is 5.78. The average molecular weight is 301 g/mol. The number of hydrogen-bond acceptors (Lipinski definition) is 5. The van der Waals surface area contributed by atoms with Gasteiger partial charge in [-0.15, -0.1) is 0 Å². The number of nitrogens with two attached hydrogens (primary N) is 1. The average Bonchev–Trinajstić information content (AvgIpc) is 2.53. The summed E-state index contributed by atoms with van der Waals surface area (Å²) in [4.78, 5) is 10.7. The normalized spacial score (nSPS) is 15.8. The molecule has 6 heteroatoms. The molecule has 3 N–H and O–H groups in total. The van der Waals surface area contributed by atoms with Crippen LogP contribution in [0, 0.1) is 11.7 Å². The molecule has 3 rings (SSSR count). The standard InChI is InChI=1S/C16H20FN5/c1-11-6-8-22(9-7-11)16-14(18)15(19-10-20-16)21-13-4-2-12(17)3-5-13/h2-5,10-11H,6-9,18H2,1H3,(H,19,20,21). The minimum absolute atomic E-state index is 0.274. The Labute approximate surface area is 129 Å². The zero-order valence-electron chi connectivity index (χ0n) is 12.6. The molecule has 0 radical (unpaired) electrons. The molecule has 116 valence electrons. The van der Waals surface area contributed by atoms with Crippen molar-refractivity contribution in [3.8, 4) is 0 Å². The molecule has 1 fully saturated rings. The second-order valence-electron chi connectivity index (χ2n) is 5.76. The molecule has 0 saturated carbocycles. The largest absolute Gasteiger partial charge is 0.393 e. The Hall–Kier alpha value is -2.37. The maximum absolute atomic E-state index is 13.0. The van der Waals surface area contributed by atoms with E-state index < -0.39 is 0 Å². The number of nitrogens with zero attached hydrogens (tertiary/aromatic N) is 3. The van der Waals surface area contributed by atoms with Crippen molar-refractivity contribution < 1.29 is 4.39 Å². The van der Waals surface area contributed by atoms with E-state index in [1.807, 2.05) is 0 Å². The van der Waals surface area contributed by atoms with Crippen molar-refractivity contribution in [2.45, 2.75) is 19.8 Å². The number of anilines is 4. The summed E-state index contributed by atoms with van der Waals surface area (Å²) in [5.41, 5.74) is 7.49. The van der Waals surface area contributed by atoms with E-state index in [-0.39, 0.29) is 5.82 Å². The number of nitrogens with one attached hydrogen (secondary N) is 1. The van der Waals surface area contributed by atoms with Crippen LogP contribution in [0.15, 0.2) is 30.6 Å². The Balaban J connectivity index is 1.81. The molecule has 5 nitrogen and oxygen atoms in total. The van der Waals surface area contributed by atoms with E-state index in [4.69, 9.17) is 5.73 Å². The molecule has 1 aromatic heterocycles. The van der Waals surface area contributed by atoms with Crippen LogP contribution in [0.5, 0.6) is 0 Å². The summed E-state index contributed by atoms with van der Waals surface area (Å²) < 4.78 is 13.0. The molecule has 1 aliphatic rings. The van der Waals surface area contributed by atoms with Gasteiger partial charge in [0.05, 0.1) is 0 Å². The van der Waals surface area contributed by atoms with Crippen molar-refractivity contribution >= 4 is 23.0 Å². The van der Waals surface area contributed by atoms with E-state index in [0.717, 1.165) is 43.4 Å². The molecule has 2 aromatic rings. The van der Waals surface area contributed by atoms with Gasteiger partial charge in [0.25, 0.3) is 0 Å². The minimum Gasteiger partial charge on any atom is -0.393 e. The molecule has 1 aliphatic heterocycles. The van der Waals surface area contributed by atoms with E-state index in [1.54, 1.807) is 12.1 Å². The van der Waals surface area contributed by atoms with E-state index in [0.29, 0.717) is 11.5 Å². The highest BCUT2D eigenvalue weighted by Crippen LogP contribution is 2.31. The molecule has 1 aromatic carbocycles. The molecule has 1 saturated heterocycles. The van der Waals surface area contributed by atoms with Gasteiger partial charge in [0.1, 0.15) is 17.8 Å². The van der Waals surface area contributed by atoms with Crippen LogP contribution in [0.25, 0.3) is 0 Å². The van der Waals surface area contributed by atoms with Crippen molar-refractivity contribution in [1.29, 1.82) is 0 Å². The van der Waals surface area contributed by atoms with Crippen LogP contribution in [0.2, 0.25) is 0 Å². The Kier molecular flexibility index (Phi) is 4.09. The Morgan fingerprint density at radius 2 is 1.86 bits per heavy atom. The number of piperidine rings is 1. The fraction of sp³-hybridized carbons (Fsp3) is 0.375. The van der Waals surface area contributed by atoms with Gasteiger partial charge in [-0.05, 0) is 43.0 Å². The van der Waals surface area contributed by atoms with Gasteiger partial charge in [-0.2, -0.15) is 0 Å². The van der Waals surface area contributed by atoms with Crippen LogP contribution < -0.4 is 16.0 Å². The van der Waals surface area contributed by atoms with E-state index >= 15 is 0 Å². The second kappa shape index (κ2) is 6.17. The Bertz CT molecular complexity index is 635. The lowest BCUT2D eigenvalue weighted by atomic mass is 9.99. The van der Waals surface area contributed by atoms with Crippen LogP contribution in [0.4, 0.5) is 27.4 Å². The van der Waals surface area contributed by atoms with Crippen LogP contribution in [-0.2, 0) is 0 Å². The molecule has 0 unspecified atom stereocenters. The smallest absolute Gasteiger partial charge is 0.159 e. The van der Waals surface area contributed by atoms with Gasteiger partial charge in [-0.25, -0.2) is 14.4 Å². The maximum atomic E-state index is 13.0. The van der Waals surface area contributed by atoms with Crippen molar-refractivity contribution in [1.82, 2.24) is 9.97 Å². The van der Waals surface area contributed by atoms with Crippen molar-refractivity contribution in [2.24, 2.45) is 5.92 Å². The third-order valence-corrected chi connectivity index (χ3v) is 4.05. The zero-order chi connectivity index (χ0) is 15.5. The number of halogens is 1. The maximum Gasteiger partial charge on any atom is 0.159 e. The summed E-state index contributed by atoms with van der Waals surface area (Å²) in [5, 5.41) is 3.12. The molecular formula is C16H20FN5. The van der Waals surface area contributed by atoms with Gasteiger partial charge in [-0.1, -0.05) is 6.92 Å². The number of rotatable bonds is 3. The predicted octanol–water partition coefficient (Wildman–Crippen LogP) is 3.18. The summed E-state index contributed by atoms with van der Waals surface area (Å²) >= 11 is 0. The SMILES string of the molecule is CC1CCN(c2ncnc(Nc3ccc(F)cc3)c2N)CC1. The Morgan fingerprint density at radius 1 is 1.18 bits per heavy atom. The first-order valence-electron chi connectivity index (χ1n) is 7.51. The third-order valence-electron chi connectivity index (χ3n) is 4.05. The van der Waals surface area contributed by atoms with Gasteiger partial charge in [0, 0.05) is 18.8 Å². The van der Waals surface area contributed by atoms with Crippen molar-refractivity contribution in [3.63, 3.8) is 0 Å². The van der Waals surface area contributed by atoms with E-state index in [1.165, 1.54) is 18.5 Å². The number of hydrogen-bond donors (Lipinski definition) is 2. The van der Waals surface area contributed by atoms with Crippen LogP contribution in [0.1, 0.15) is 19.8 Å². The van der Waals surface area contributed by atoms with Gasteiger partial charge >= 0.3 is 0 Å². The zero-order valence-corrected chi connectivity index (χ0v) is 12.6. The number of benzene rings is 1. The molecule has 2 heterocycles. The summed E-state index contributed by atoms with van der Waals surface area (Å²) in [6.45, 7) is 4.18. The van der Waals surface area contributed by atoms with Gasteiger partial charge < -0.3 is 16.0 Å². The topological polar surface area (TPSA) is 67.1 Å². The molecule has 22 heavy (non-hydrogen) atoms. The highest BCUT2D eigenvalue weighted by Gasteiger charge is 2.20. The Morgan fingerprint density at radius 3 is 2.55 bits per heavy atom. The summed E-state index contributed by atoms with van der Waals surface area (Å²) in [6.07, 6.45) is 3.80. The molecular weight excluding hydrogens is 281 g/mol. The molecule has 0 spiro atoms. The van der Waals surface area contributed by atoms with Crippen LogP contribution >= 0.6 is 0 Å². The van der Waals surface area contributed by atoms with Gasteiger partial charge in [-0.3, -0.25) is 0 Å². The molecule has 0 amide bonds. The molecule has 0 aliphatic carbocycles. The quantitative estimate of drug-likeness (QED) is 0.911. The number of nitrogen functional groups attached to an aromatic ring is 1. The molecule has 0 bridgehead atoms.